The van der Waals surface area contributed by atoms with Crippen molar-refractivity contribution in [3.8, 4) is 0 Å². The average Bonchev–Trinajstić information content (AvgIpc) is 2.85. The summed E-state index contributed by atoms with van der Waals surface area (Å²) in [6.07, 6.45) is 7.47. The molecule has 0 spiro atoms. The molecule has 0 fully saturated rings. The highest BCUT2D eigenvalue weighted by Gasteiger charge is 2.18. The maximum absolute atomic E-state index is 4.88. The lowest BCUT2D eigenvalue weighted by molar-refractivity contribution is 0.769. The number of benzene rings is 1. The van der Waals surface area contributed by atoms with Crippen molar-refractivity contribution in [1.29, 1.82) is 0 Å². The Balaban J connectivity index is 2.16. The molecule has 0 unspecified atom stereocenters. The number of nitrogens with zero attached hydrogens (tertiary/aromatic N) is 1. The second-order valence-corrected chi connectivity index (χ2v) is 4.99. The first-order valence-corrected chi connectivity index (χ1v) is 6.79. The minimum absolute atomic E-state index is 1.16. The average molecular weight is 225 g/mol. The van der Waals surface area contributed by atoms with E-state index in [0.29, 0.717) is 0 Å². The Morgan fingerprint density at radius 1 is 1.12 bits per heavy atom. The van der Waals surface area contributed by atoms with Gasteiger partial charge in [0.1, 0.15) is 0 Å². The normalized spacial score (nSPS) is 14.2. The van der Waals surface area contributed by atoms with E-state index in [2.05, 4.69) is 31.2 Å². The van der Waals surface area contributed by atoms with Crippen LogP contribution in [0.25, 0.3) is 10.9 Å². The largest absolute Gasteiger partial charge is 0.253 e. The molecule has 88 valence electrons. The molecule has 0 atom stereocenters. The van der Waals surface area contributed by atoms with Crippen LogP contribution in [0.15, 0.2) is 24.3 Å². The maximum atomic E-state index is 4.88. The molecule has 0 aliphatic heterocycles. The summed E-state index contributed by atoms with van der Waals surface area (Å²) in [6, 6.07) is 8.62. The van der Waals surface area contributed by atoms with Gasteiger partial charge in [-0.25, -0.2) is 0 Å². The van der Waals surface area contributed by atoms with Crippen molar-refractivity contribution in [2.45, 2.75) is 45.4 Å². The number of hydrogen-bond acceptors (Lipinski definition) is 1. The summed E-state index contributed by atoms with van der Waals surface area (Å²) >= 11 is 0. The molecule has 1 aliphatic carbocycles. The second kappa shape index (κ2) is 4.48. The monoisotopic (exact) mass is 225 g/mol. The van der Waals surface area contributed by atoms with Crippen LogP contribution in [0.5, 0.6) is 0 Å². The molecule has 0 radical (unpaired) electrons. The SMILES string of the molecule is CCCCc1nc2ccccc2c2c1CCC2. The molecule has 2 aromatic rings. The number of aryl methyl sites for hydroxylation is 2. The highest BCUT2D eigenvalue weighted by molar-refractivity contribution is 5.84. The van der Waals surface area contributed by atoms with Crippen molar-refractivity contribution in [3.05, 3.63) is 41.1 Å². The zero-order valence-corrected chi connectivity index (χ0v) is 10.5. The Kier molecular flexibility index (Phi) is 2.84. The summed E-state index contributed by atoms with van der Waals surface area (Å²) in [5.74, 6) is 0. The van der Waals surface area contributed by atoms with Crippen LogP contribution in [-0.4, -0.2) is 4.98 Å². The minimum atomic E-state index is 1.16. The third-order valence-electron chi connectivity index (χ3n) is 3.82. The van der Waals surface area contributed by atoms with Gasteiger partial charge in [-0.05, 0) is 49.3 Å². The van der Waals surface area contributed by atoms with Crippen molar-refractivity contribution < 1.29 is 0 Å². The van der Waals surface area contributed by atoms with Gasteiger partial charge in [0.2, 0.25) is 0 Å². The standard InChI is InChI=1S/C16H19N/c1-2-3-10-15-14-9-6-8-12(14)13-7-4-5-11-16(13)17-15/h4-5,7,11H,2-3,6,8-10H2,1H3. The number of rotatable bonds is 3. The third kappa shape index (κ3) is 1.84. The van der Waals surface area contributed by atoms with Gasteiger partial charge >= 0.3 is 0 Å². The number of hydrogen-bond donors (Lipinski definition) is 0. The van der Waals surface area contributed by atoms with Gasteiger partial charge in [0.25, 0.3) is 0 Å². The van der Waals surface area contributed by atoms with E-state index >= 15 is 0 Å². The molecule has 1 heteroatoms. The van der Waals surface area contributed by atoms with Crippen molar-refractivity contribution >= 4 is 10.9 Å². The molecule has 1 aliphatic rings. The van der Waals surface area contributed by atoms with Crippen molar-refractivity contribution in [1.82, 2.24) is 4.98 Å². The van der Waals surface area contributed by atoms with Crippen LogP contribution in [-0.2, 0) is 19.3 Å². The maximum Gasteiger partial charge on any atom is 0.0708 e. The predicted octanol–water partition coefficient (Wildman–Crippen LogP) is 4.07. The fourth-order valence-corrected chi connectivity index (χ4v) is 2.95. The summed E-state index contributed by atoms with van der Waals surface area (Å²) in [4.78, 5) is 4.88. The quantitative estimate of drug-likeness (QED) is 0.767. The van der Waals surface area contributed by atoms with Crippen LogP contribution in [0.3, 0.4) is 0 Å². The van der Waals surface area contributed by atoms with E-state index in [9.17, 15) is 0 Å². The van der Waals surface area contributed by atoms with Gasteiger partial charge in [0, 0.05) is 11.1 Å². The van der Waals surface area contributed by atoms with Gasteiger partial charge < -0.3 is 0 Å². The van der Waals surface area contributed by atoms with E-state index in [1.54, 1.807) is 11.1 Å². The molecule has 1 aromatic carbocycles. The van der Waals surface area contributed by atoms with Gasteiger partial charge in [-0.15, -0.1) is 0 Å². The van der Waals surface area contributed by atoms with Crippen molar-refractivity contribution in [3.63, 3.8) is 0 Å². The summed E-state index contributed by atoms with van der Waals surface area (Å²) in [5.41, 5.74) is 5.72. The van der Waals surface area contributed by atoms with Crippen LogP contribution in [0.1, 0.15) is 43.0 Å². The lowest BCUT2D eigenvalue weighted by Gasteiger charge is -2.10. The molecule has 1 aromatic heterocycles. The Hall–Kier alpha value is -1.37. The first-order chi connectivity index (χ1) is 8.40. The van der Waals surface area contributed by atoms with Crippen molar-refractivity contribution in [2.24, 2.45) is 0 Å². The van der Waals surface area contributed by atoms with Gasteiger partial charge in [0.15, 0.2) is 0 Å². The Labute approximate surface area is 103 Å². The summed E-state index contributed by atoms with van der Waals surface area (Å²) in [6.45, 7) is 2.25. The van der Waals surface area contributed by atoms with Crippen LogP contribution >= 0.6 is 0 Å². The zero-order valence-electron chi connectivity index (χ0n) is 10.5. The van der Waals surface area contributed by atoms with E-state index in [1.165, 1.54) is 48.7 Å². The molecular weight excluding hydrogens is 206 g/mol. The van der Waals surface area contributed by atoms with Gasteiger partial charge in [-0.1, -0.05) is 31.5 Å². The first-order valence-electron chi connectivity index (χ1n) is 6.79. The zero-order chi connectivity index (χ0) is 11.7. The number of pyridine rings is 1. The fourth-order valence-electron chi connectivity index (χ4n) is 2.95. The predicted molar refractivity (Wildman–Crippen MR) is 72.4 cm³/mol. The number of aromatic nitrogens is 1. The molecule has 0 saturated heterocycles. The lowest BCUT2D eigenvalue weighted by atomic mass is 10.0. The van der Waals surface area contributed by atoms with Crippen LogP contribution in [0.2, 0.25) is 0 Å². The van der Waals surface area contributed by atoms with Crippen molar-refractivity contribution in [2.75, 3.05) is 0 Å². The number of unbranched alkanes of at least 4 members (excludes halogenated alkanes) is 1. The summed E-state index contributed by atoms with van der Waals surface area (Å²) in [7, 11) is 0. The minimum Gasteiger partial charge on any atom is -0.253 e. The molecule has 0 saturated carbocycles. The van der Waals surface area contributed by atoms with Crippen LogP contribution in [0.4, 0.5) is 0 Å². The Morgan fingerprint density at radius 2 is 1.94 bits per heavy atom. The highest BCUT2D eigenvalue weighted by atomic mass is 14.7. The van der Waals surface area contributed by atoms with Gasteiger partial charge in [0.05, 0.1) is 5.52 Å². The molecule has 0 bridgehead atoms. The van der Waals surface area contributed by atoms with Crippen LogP contribution in [0, 0.1) is 0 Å². The molecule has 0 amide bonds. The van der Waals surface area contributed by atoms with Crippen LogP contribution < -0.4 is 0 Å². The topological polar surface area (TPSA) is 12.9 Å². The van der Waals surface area contributed by atoms with E-state index in [1.807, 2.05) is 0 Å². The van der Waals surface area contributed by atoms with Gasteiger partial charge in [-0.3, -0.25) is 4.98 Å². The summed E-state index contributed by atoms with van der Waals surface area (Å²) < 4.78 is 0. The Bertz CT molecular complexity index is 542. The highest BCUT2D eigenvalue weighted by Crippen LogP contribution is 2.31. The number of para-hydroxylation sites is 1. The number of fused-ring (bicyclic) bond motifs is 3. The molecule has 0 N–H and O–H groups in total. The van der Waals surface area contributed by atoms with E-state index in [4.69, 9.17) is 4.98 Å². The molecule has 1 heterocycles. The first kappa shape index (κ1) is 10.8. The van der Waals surface area contributed by atoms with Gasteiger partial charge in [-0.2, -0.15) is 0 Å². The lowest BCUT2D eigenvalue weighted by Crippen LogP contribution is -1.99. The molecule has 1 nitrogen and oxygen atoms in total. The molecular formula is C16H19N. The summed E-state index contributed by atoms with van der Waals surface area (Å²) in [5, 5.41) is 1.39. The van der Waals surface area contributed by atoms with E-state index in [-0.39, 0.29) is 0 Å². The molecule has 17 heavy (non-hydrogen) atoms. The molecule has 3 rings (SSSR count). The van der Waals surface area contributed by atoms with E-state index in [0.717, 1.165) is 6.42 Å². The third-order valence-corrected chi connectivity index (χ3v) is 3.82. The van der Waals surface area contributed by atoms with E-state index < -0.39 is 0 Å². The Morgan fingerprint density at radius 3 is 2.82 bits per heavy atom. The fraction of sp³-hybridized carbons (Fsp3) is 0.438. The smallest absolute Gasteiger partial charge is 0.0708 e. The second-order valence-electron chi connectivity index (χ2n) is 4.99.